The van der Waals surface area contributed by atoms with Gasteiger partial charge >= 0.3 is 0 Å². The normalized spacial score (nSPS) is 16.0. The minimum Gasteiger partial charge on any atom is -0.399 e. The maximum absolute atomic E-state index is 6.11. The summed E-state index contributed by atoms with van der Waals surface area (Å²) < 4.78 is 6.11. The van der Waals surface area contributed by atoms with Crippen molar-refractivity contribution >= 4 is 11.4 Å². The average molecular weight is 296 g/mol. The van der Waals surface area contributed by atoms with E-state index < -0.39 is 0 Å². The molecule has 1 aliphatic heterocycles. The summed E-state index contributed by atoms with van der Waals surface area (Å²) in [6.07, 6.45) is 2.52. The van der Waals surface area contributed by atoms with Crippen LogP contribution >= 0.6 is 0 Å². The van der Waals surface area contributed by atoms with E-state index >= 15 is 0 Å². The number of anilines is 2. The van der Waals surface area contributed by atoms with Crippen molar-refractivity contribution in [2.24, 2.45) is 0 Å². The fraction of sp³-hybridized carbons (Fsp3) is 0.368. The number of nitrogen functional groups attached to an aromatic ring is 1. The number of benzene rings is 2. The fourth-order valence-corrected chi connectivity index (χ4v) is 2.95. The highest BCUT2D eigenvalue weighted by Crippen LogP contribution is 2.23. The molecular formula is C19H24N2O. The van der Waals surface area contributed by atoms with E-state index in [2.05, 4.69) is 48.2 Å². The Morgan fingerprint density at radius 2 is 1.73 bits per heavy atom. The van der Waals surface area contributed by atoms with Gasteiger partial charge in [-0.15, -0.1) is 0 Å². The maximum Gasteiger partial charge on any atom is 0.0723 e. The molecule has 0 aromatic heterocycles. The van der Waals surface area contributed by atoms with Crippen LogP contribution in [0.1, 0.15) is 24.0 Å². The highest BCUT2D eigenvalue weighted by atomic mass is 16.5. The first-order valence-corrected chi connectivity index (χ1v) is 7.99. The van der Waals surface area contributed by atoms with Crippen LogP contribution in [0.4, 0.5) is 11.4 Å². The molecule has 2 N–H and O–H groups in total. The average Bonchev–Trinajstić information content (AvgIpc) is 2.55. The molecule has 0 unspecified atom stereocenters. The largest absolute Gasteiger partial charge is 0.399 e. The van der Waals surface area contributed by atoms with Crippen molar-refractivity contribution in [1.82, 2.24) is 0 Å². The van der Waals surface area contributed by atoms with E-state index in [1.165, 1.54) is 16.8 Å². The SMILES string of the molecule is Cc1ccccc1COC1CCN(c2ccc(N)cc2)CC1. The third-order valence-electron chi connectivity index (χ3n) is 4.44. The summed E-state index contributed by atoms with van der Waals surface area (Å²) in [7, 11) is 0. The Hall–Kier alpha value is -2.00. The number of hydrogen-bond donors (Lipinski definition) is 1. The molecular weight excluding hydrogens is 272 g/mol. The summed E-state index contributed by atoms with van der Waals surface area (Å²) in [6.45, 7) is 4.95. The second-order valence-corrected chi connectivity index (χ2v) is 6.02. The van der Waals surface area contributed by atoms with Crippen molar-refractivity contribution in [1.29, 1.82) is 0 Å². The Morgan fingerprint density at radius 1 is 1.05 bits per heavy atom. The molecule has 22 heavy (non-hydrogen) atoms. The van der Waals surface area contributed by atoms with Gasteiger partial charge in [-0.25, -0.2) is 0 Å². The topological polar surface area (TPSA) is 38.5 Å². The van der Waals surface area contributed by atoms with Crippen molar-refractivity contribution in [3.63, 3.8) is 0 Å². The smallest absolute Gasteiger partial charge is 0.0723 e. The van der Waals surface area contributed by atoms with Crippen molar-refractivity contribution in [2.45, 2.75) is 32.5 Å². The Bertz CT molecular complexity index is 601. The standard InChI is InChI=1S/C19H24N2O/c1-15-4-2-3-5-16(15)14-22-19-10-12-21(13-11-19)18-8-6-17(20)7-9-18/h2-9,19H,10-14,20H2,1H3. The second-order valence-electron chi connectivity index (χ2n) is 6.02. The summed E-state index contributed by atoms with van der Waals surface area (Å²) >= 11 is 0. The third-order valence-corrected chi connectivity index (χ3v) is 4.44. The molecule has 1 heterocycles. The molecule has 0 bridgehead atoms. The highest BCUT2D eigenvalue weighted by molar-refractivity contribution is 5.53. The van der Waals surface area contributed by atoms with E-state index in [0.29, 0.717) is 6.10 Å². The van der Waals surface area contributed by atoms with Crippen LogP contribution in [0.15, 0.2) is 48.5 Å². The molecule has 0 atom stereocenters. The molecule has 2 aromatic carbocycles. The molecule has 0 aliphatic carbocycles. The Kier molecular flexibility index (Phi) is 4.64. The Labute approximate surface area is 132 Å². The van der Waals surface area contributed by atoms with E-state index in [1.54, 1.807) is 0 Å². The highest BCUT2D eigenvalue weighted by Gasteiger charge is 2.20. The minimum absolute atomic E-state index is 0.365. The molecule has 0 radical (unpaired) electrons. The lowest BCUT2D eigenvalue weighted by Gasteiger charge is -2.33. The van der Waals surface area contributed by atoms with Crippen molar-refractivity contribution in [3.05, 3.63) is 59.7 Å². The van der Waals surface area contributed by atoms with Gasteiger partial charge in [0.15, 0.2) is 0 Å². The van der Waals surface area contributed by atoms with Gasteiger partial charge in [-0.2, -0.15) is 0 Å². The molecule has 2 aromatic rings. The molecule has 116 valence electrons. The zero-order chi connectivity index (χ0) is 15.4. The van der Waals surface area contributed by atoms with Crippen LogP contribution in [0.3, 0.4) is 0 Å². The number of aryl methyl sites for hydroxylation is 1. The van der Waals surface area contributed by atoms with Crippen LogP contribution in [-0.2, 0) is 11.3 Å². The lowest BCUT2D eigenvalue weighted by atomic mass is 10.1. The Balaban J connectivity index is 1.49. The summed E-state index contributed by atoms with van der Waals surface area (Å²) in [5.74, 6) is 0. The van der Waals surface area contributed by atoms with E-state index in [1.807, 2.05) is 12.1 Å². The quantitative estimate of drug-likeness (QED) is 0.873. The lowest BCUT2D eigenvalue weighted by Crippen LogP contribution is -2.37. The summed E-state index contributed by atoms with van der Waals surface area (Å²) in [5, 5.41) is 0. The molecule has 3 nitrogen and oxygen atoms in total. The van der Waals surface area contributed by atoms with E-state index in [0.717, 1.165) is 38.2 Å². The van der Waals surface area contributed by atoms with Gasteiger partial charge in [-0.1, -0.05) is 24.3 Å². The maximum atomic E-state index is 6.11. The van der Waals surface area contributed by atoms with Crippen molar-refractivity contribution < 1.29 is 4.74 Å². The number of ether oxygens (including phenoxy) is 1. The van der Waals surface area contributed by atoms with Gasteiger partial charge in [0.05, 0.1) is 12.7 Å². The van der Waals surface area contributed by atoms with Gasteiger partial charge in [0.2, 0.25) is 0 Å². The van der Waals surface area contributed by atoms with Gasteiger partial charge in [-0.3, -0.25) is 0 Å². The minimum atomic E-state index is 0.365. The molecule has 3 heteroatoms. The zero-order valence-electron chi connectivity index (χ0n) is 13.2. The van der Waals surface area contributed by atoms with Crippen LogP contribution in [0, 0.1) is 6.92 Å². The first-order chi connectivity index (χ1) is 10.7. The molecule has 1 aliphatic rings. The van der Waals surface area contributed by atoms with Gasteiger partial charge in [0.25, 0.3) is 0 Å². The van der Waals surface area contributed by atoms with E-state index in [-0.39, 0.29) is 0 Å². The van der Waals surface area contributed by atoms with E-state index in [4.69, 9.17) is 10.5 Å². The number of nitrogens with two attached hydrogens (primary N) is 1. The molecule has 1 fully saturated rings. The lowest BCUT2D eigenvalue weighted by molar-refractivity contribution is 0.0249. The first kappa shape index (κ1) is 14.9. The van der Waals surface area contributed by atoms with Crippen LogP contribution in [0.5, 0.6) is 0 Å². The third kappa shape index (κ3) is 3.60. The first-order valence-electron chi connectivity index (χ1n) is 7.99. The van der Waals surface area contributed by atoms with Crippen LogP contribution < -0.4 is 10.6 Å². The number of rotatable bonds is 4. The van der Waals surface area contributed by atoms with Crippen molar-refractivity contribution in [2.75, 3.05) is 23.7 Å². The predicted octanol–water partition coefficient (Wildman–Crippen LogP) is 3.76. The number of piperidine rings is 1. The van der Waals surface area contributed by atoms with Crippen LogP contribution in [-0.4, -0.2) is 19.2 Å². The van der Waals surface area contributed by atoms with Crippen LogP contribution in [0.2, 0.25) is 0 Å². The monoisotopic (exact) mass is 296 g/mol. The molecule has 0 saturated carbocycles. The molecule has 3 rings (SSSR count). The van der Waals surface area contributed by atoms with Gasteiger partial charge in [0, 0.05) is 24.5 Å². The second kappa shape index (κ2) is 6.84. The number of hydrogen-bond acceptors (Lipinski definition) is 3. The molecule has 0 spiro atoms. The van der Waals surface area contributed by atoms with Crippen LogP contribution in [0.25, 0.3) is 0 Å². The fourth-order valence-electron chi connectivity index (χ4n) is 2.95. The summed E-state index contributed by atoms with van der Waals surface area (Å²) in [5.41, 5.74) is 10.4. The van der Waals surface area contributed by atoms with E-state index in [9.17, 15) is 0 Å². The summed E-state index contributed by atoms with van der Waals surface area (Å²) in [6, 6.07) is 16.6. The zero-order valence-corrected chi connectivity index (χ0v) is 13.2. The molecule has 0 amide bonds. The summed E-state index contributed by atoms with van der Waals surface area (Å²) in [4.78, 5) is 2.41. The Morgan fingerprint density at radius 3 is 2.41 bits per heavy atom. The van der Waals surface area contributed by atoms with Gasteiger partial charge < -0.3 is 15.4 Å². The predicted molar refractivity (Wildman–Crippen MR) is 92.1 cm³/mol. The van der Waals surface area contributed by atoms with Gasteiger partial charge in [-0.05, 0) is 55.2 Å². The number of nitrogens with zero attached hydrogens (tertiary/aromatic N) is 1. The molecule has 1 saturated heterocycles. The van der Waals surface area contributed by atoms with Gasteiger partial charge in [0.1, 0.15) is 0 Å². The van der Waals surface area contributed by atoms with Crippen molar-refractivity contribution in [3.8, 4) is 0 Å².